The Labute approximate surface area is 81.2 Å². The average molecular weight is 200 g/mol. The van der Waals surface area contributed by atoms with Crippen LogP contribution in [0.25, 0.3) is 0 Å². The summed E-state index contributed by atoms with van der Waals surface area (Å²) in [5.74, 6) is 0.400. The molecule has 0 bridgehead atoms. The highest BCUT2D eigenvalue weighted by atomic mass is 17.5. The van der Waals surface area contributed by atoms with E-state index in [0.717, 1.165) is 5.56 Å². The van der Waals surface area contributed by atoms with Crippen LogP contribution in [0.3, 0.4) is 0 Å². The molecule has 0 unspecified atom stereocenters. The van der Waals surface area contributed by atoms with E-state index in [2.05, 4.69) is 14.8 Å². The van der Waals surface area contributed by atoms with Gasteiger partial charge in [-0.3, -0.25) is 0 Å². The van der Waals surface area contributed by atoms with Gasteiger partial charge in [0, 0.05) is 5.56 Å². The summed E-state index contributed by atoms with van der Waals surface area (Å²) in [6.07, 6.45) is 0. The van der Waals surface area contributed by atoms with Crippen molar-refractivity contribution in [2.24, 2.45) is 0 Å². The van der Waals surface area contributed by atoms with Crippen molar-refractivity contribution in [3.05, 3.63) is 23.8 Å². The molecule has 5 heteroatoms. The topological polar surface area (TPSA) is 68.2 Å². The number of rotatable bonds is 4. The molecule has 0 aliphatic heterocycles. The Morgan fingerprint density at radius 2 is 1.93 bits per heavy atom. The van der Waals surface area contributed by atoms with Gasteiger partial charge in [-0.05, 0) is 17.0 Å². The fraction of sp³-hybridized carbons (Fsp3) is 0.333. The molecule has 0 aliphatic carbocycles. The molecule has 0 aromatic heterocycles. The minimum atomic E-state index is 0.112. The molecule has 0 atom stereocenters. The molecule has 1 aromatic carbocycles. The van der Waals surface area contributed by atoms with Crippen LogP contribution in [0.2, 0.25) is 0 Å². The van der Waals surface area contributed by atoms with E-state index in [9.17, 15) is 0 Å². The summed E-state index contributed by atoms with van der Waals surface area (Å²) in [7, 11) is 0. The monoisotopic (exact) mass is 200 g/mol. The van der Waals surface area contributed by atoms with E-state index in [0.29, 0.717) is 0 Å². The molecule has 0 spiro atoms. The van der Waals surface area contributed by atoms with Crippen LogP contribution in [0.4, 0.5) is 0 Å². The zero-order valence-electron chi connectivity index (χ0n) is 7.93. The highest BCUT2D eigenvalue weighted by molar-refractivity contribution is 5.47. The van der Waals surface area contributed by atoms with Gasteiger partial charge in [0.05, 0.1) is 0 Å². The van der Waals surface area contributed by atoms with Gasteiger partial charge in [0.25, 0.3) is 0 Å². The third kappa shape index (κ3) is 2.14. The fourth-order valence-electron chi connectivity index (χ4n) is 1.19. The Morgan fingerprint density at radius 1 is 1.21 bits per heavy atom. The summed E-state index contributed by atoms with van der Waals surface area (Å²) in [5, 5.41) is 20.3. The van der Waals surface area contributed by atoms with Crippen molar-refractivity contribution in [1.29, 1.82) is 0 Å². The maximum absolute atomic E-state index is 8.66. The minimum Gasteiger partial charge on any atom is -0.336 e. The van der Waals surface area contributed by atoms with Crippen molar-refractivity contribution >= 4 is 0 Å². The zero-order chi connectivity index (χ0) is 10.6. The van der Waals surface area contributed by atoms with Crippen LogP contribution in [-0.4, -0.2) is 10.5 Å². The lowest BCUT2D eigenvalue weighted by molar-refractivity contribution is -0.439. The minimum absolute atomic E-state index is 0.112. The van der Waals surface area contributed by atoms with Gasteiger partial charge in [-0.1, -0.05) is 26.0 Å². The smallest absolute Gasteiger partial charge is 0.214 e. The average Bonchev–Trinajstić information content (AvgIpc) is 2.18. The summed E-state index contributed by atoms with van der Waals surface area (Å²) in [6.45, 7) is 3.86. The summed E-state index contributed by atoms with van der Waals surface area (Å²) < 4.78 is 0. The first-order valence-corrected chi connectivity index (χ1v) is 4.13. The summed E-state index contributed by atoms with van der Waals surface area (Å²) in [6, 6.07) is 4.97. The van der Waals surface area contributed by atoms with Gasteiger partial charge in [0.2, 0.25) is 11.5 Å². The van der Waals surface area contributed by atoms with Crippen LogP contribution >= 0.6 is 0 Å². The molecule has 0 amide bonds. The van der Waals surface area contributed by atoms with Gasteiger partial charge in [0.1, 0.15) is 0 Å². The lowest BCUT2D eigenvalue weighted by Gasteiger charge is -2.11. The molecule has 0 heterocycles. The zero-order valence-corrected chi connectivity index (χ0v) is 7.93. The SMILES string of the molecule is CC(C)c1cccc(OOO)c1OO. The van der Waals surface area contributed by atoms with Crippen LogP contribution in [-0.2, 0) is 5.04 Å². The van der Waals surface area contributed by atoms with E-state index in [1.807, 2.05) is 13.8 Å². The first-order chi connectivity index (χ1) is 6.70. The lowest BCUT2D eigenvalue weighted by Crippen LogP contribution is -1.99. The summed E-state index contributed by atoms with van der Waals surface area (Å²) in [5.41, 5.74) is 0.752. The van der Waals surface area contributed by atoms with Crippen LogP contribution in [0.15, 0.2) is 18.2 Å². The molecule has 0 radical (unpaired) electrons. The quantitative estimate of drug-likeness (QED) is 0.577. The second kappa shape index (κ2) is 4.80. The fourth-order valence-corrected chi connectivity index (χ4v) is 1.19. The molecule has 78 valence electrons. The van der Waals surface area contributed by atoms with Crippen molar-refractivity contribution in [2.75, 3.05) is 0 Å². The van der Waals surface area contributed by atoms with Gasteiger partial charge in [0.15, 0.2) is 0 Å². The van der Waals surface area contributed by atoms with Gasteiger partial charge < -0.3 is 9.78 Å². The number of para-hydroxylation sites is 1. The number of hydrogen-bond donors (Lipinski definition) is 2. The predicted molar refractivity (Wildman–Crippen MR) is 48.1 cm³/mol. The van der Waals surface area contributed by atoms with Gasteiger partial charge in [-0.25, -0.2) is 10.5 Å². The molecular formula is C9H12O5. The molecule has 14 heavy (non-hydrogen) atoms. The highest BCUT2D eigenvalue weighted by Crippen LogP contribution is 2.35. The molecule has 1 rings (SSSR count). The van der Waals surface area contributed by atoms with Crippen LogP contribution in [0, 0.1) is 0 Å². The van der Waals surface area contributed by atoms with Crippen molar-refractivity contribution in [2.45, 2.75) is 19.8 Å². The Hall–Kier alpha value is -1.30. The third-order valence-electron chi connectivity index (χ3n) is 1.85. The van der Waals surface area contributed by atoms with Gasteiger partial charge in [-0.15, -0.1) is 0 Å². The first-order valence-electron chi connectivity index (χ1n) is 4.13. The van der Waals surface area contributed by atoms with Crippen molar-refractivity contribution in [1.82, 2.24) is 0 Å². The molecule has 0 fully saturated rings. The lowest BCUT2D eigenvalue weighted by atomic mass is 10.0. The maximum Gasteiger partial charge on any atom is 0.214 e. The molecule has 2 N–H and O–H groups in total. The van der Waals surface area contributed by atoms with E-state index in [1.54, 1.807) is 12.1 Å². The third-order valence-corrected chi connectivity index (χ3v) is 1.85. The van der Waals surface area contributed by atoms with Crippen molar-refractivity contribution < 1.29 is 25.3 Å². The Kier molecular flexibility index (Phi) is 3.70. The molecular weight excluding hydrogens is 188 g/mol. The van der Waals surface area contributed by atoms with Crippen LogP contribution in [0.1, 0.15) is 25.3 Å². The van der Waals surface area contributed by atoms with Gasteiger partial charge >= 0.3 is 0 Å². The summed E-state index contributed by atoms with van der Waals surface area (Å²) >= 11 is 0. The summed E-state index contributed by atoms with van der Waals surface area (Å²) in [4.78, 5) is 8.56. The molecule has 0 aliphatic rings. The van der Waals surface area contributed by atoms with E-state index < -0.39 is 0 Å². The van der Waals surface area contributed by atoms with E-state index in [4.69, 9.17) is 10.5 Å². The largest absolute Gasteiger partial charge is 0.336 e. The normalized spacial score (nSPS) is 10.4. The Bertz CT molecular complexity index is 297. The van der Waals surface area contributed by atoms with Gasteiger partial charge in [-0.2, -0.15) is 0 Å². The second-order valence-corrected chi connectivity index (χ2v) is 3.08. The standard InChI is InChI=1S/C9H12O5/c1-6(2)7-4-3-5-8(13-14-11)9(7)12-10/h3-6,10-11H,1-2H3. The van der Waals surface area contributed by atoms with Crippen molar-refractivity contribution in [3.8, 4) is 11.5 Å². The molecule has 1 aromatic rings. The number of benzene rings is 1. The van der Waals surface area contributed by atoms with E-state index in [1.165, 1.54) is 6.07 Å². The van der Waals surface area contributed by atoms with E-state index in [-0.39, 0.29) is 17.4 Å². The van der Waals surface area contributed by atoms with Crippen molar-refractivity contribution in [3.63, 3.8) is 0 Å². The molecule has 5 nitrogen and oxygen atoms in total. The number of hydrogen-bond acceptors (Lipinski definition) is 5. The maximum atomic E-state index is 8.66. The van der Waals surface area contributed by atoms with Crippen LogP contribution in [0.5, 0.6) is 11.5 Å². The van der Waals surface area contributed by atoms with Crippen LogP contribution < -0.4 is 9.78 Å². The van der Waals surface area contributed by atoms with E-state index >= 15 is 0 Å². The molecule has 0 saturated carbocycles. The Morgan fingerprint density at radius 3 is 2.43 bits per heavy atom. The highest BCUT2D eigenvalue weighted by Gasteiger charge is 2.14. The molecule has 0 saturated heterocycles. The first kappa shape index (κ1) is 10.8. The second-order valence-electron chi connectivity index (χ2n) is 3.08. The Balaban J connectivity index is 3.11. The predicted octanol–water partition coefficient (Wildman–Crippen LogP) is 2.45.